The molecule has 11 nitrogen and oxygen atoms in total. The molecule has 0 radical (unpaired) electrons. The third-order valence-corrected chi connectivity index (χ3v) is 10.3. The van der Waals surface area contributed by atoms with Gasteiger partial charge in [0.05, 0.1) is 43.3 Å². The van der Waals surface area contributed by atoms with E-state index in [1.165, 1.54) is 6.07 Å². The number of fused-ring (bicyclic) bond motifs is 2. The third kappa shape index (κ3) is 5.28. The normalized spacial score (nSPS) is 22.4. The van der Waals surface area contributed by atoms with Crippen molar-refractivity contribution < 1.29 is 27.5 Å². The highest BCUT2D eigenvalue weighted by atomic mass is 35.5. The van der Waals surface area contributed by atoms with E-state index in [9.17, 15) is 18.0 Å². The fraction of sp³-hybridized carbons (Fsp3) is 0.414. The predicted molar refractivity (Wildman–Crippen MR) is 157 cm³/mol. The number of hydrogen-bond donors (Lipinski definition) is 1. The maximum absolute atomic E-state index is 13.9. The number of aromatic nitrogens is 1. The van der Waals surface area contributed by atoms with E-state index in [0.717, 1.165) is 15.4 Å². The Morgan fingerprint density at radius 2 is 1.79 bits per heavy atom. The first-order valence-electron chi connectivity index (χ1n) is 13.9. The number of anilines is 1. The molecule has 13 heteroatoms. The highest BCUT2D eigenvalue weighted by molar-refractivity contribution is 7.89. The van der Waals surface area contributed by atoms with Crippen LogP contribution in [-0.2, 0) is 24.3 Å². The number of benzene rings is 2. The maximum Gasteiger partial charge on any atom is 0.407 e. The Bertz CT molecular complexity index is 1620. The first-order valence-corrected chi connectivity index (χ1v) is 15.7. The van der Waals surface area contributed by atoms with E-state index < -0.39 is 27.4 Å². The summed E-state index contributed by atoms with van der Waals surface area (Å²) < 4.78 is 40.9. The molecule has 0 aliphatic carbocycles. The number of rotatable bonds is 6. The summed E-state index contributed by atoms with van der Waals surface area (Å²) in [6.07, 6.45) is 4.09. The molecule has 3 aromatic rings. The summed E-state index contributed by atoms with van der Waals surface area (Å²) in [6.45, 7) is 2.98. The summed E-state index contributed by atoms with van der Waals surface area (Å²) >= 11 is 6.10. The molecule has 0 bridgehead atoms. The van der Waals surface area contributed by atoms with Gasteiger partial charge in [-0.3, -0.25) is 9.78 Å². The van der Waals surface area contributed by atoms with Crippen LogP contribution >= 0.6 is 11.6 Å². The third-order valence-electron chi connectivity index (χ3n) is 8.28. The van der Waals surface area contributed by atoms with Crippen LogP contribution in [0.1, 0.15) is 19.8 Å². The van der Waals surface area contributed by atoms with Crippen molar-refractivity contribution in [3.05, 3.63) is 65.9 Å². The molecule has 0 saturated carbocycles. The Morgan fingerprint density at radius 3 is 2.52 bits per heavy atom. The highest BCUT2D eigenvalue weighted by Crippen LogP contribution is 2.44. The van der Waals surface area contributed by atoms with E-state index in [4.69, 9.17) is 21.1 Å². The average Bonchev–Trinajstić information content (AvgIpc) is 3.31. The number of piperidine rings is 1. The van der Waals surface area contributed by atoms with Crippen molar-refractivity contribution in [2.75, 3.05) is 50.8 Å². The summed E-state index contributed by atoms with van der Waals surface area (Å²) in [7, 11) is -4.09. The summed E-state index contributed by atoms with van der Waals surface area (Å²) in [6, 6.07) is 13.9. The molecule has 2 aromatic carbocycles. The van der Waals surface area contributed by atoms with Crippen molar-refractivity contribution in [1.82, 2.24) is 19.5 Å². The number of alkyl carbamates (subject to hydrolysis) is 1. The number of piperazine rings is 1. The molecule has 1 N–H and O–H groups in total. The van der Waals surface area contributed by atoms with Crippen molar-refractivity contribution in [2.45, 2.75) is 36.0 Å². The van der Waals surface area contributed by atoms with E-state index in [1.807, 2.05) is 12.1 Å². The number of carbonyl (C=O) groups is 2. The van der Waals surface area contributed by atoms with E-state index in [2.05, 4.69) is 15.2 Å². The fourth-order valence-electron chi connectivity index (χ4n) is 6.16. The molecule has 1 spiro atoms. The van der Waals surface area contributed by atoms with Crippen LogP contribution in [0.4, 0.5) is 10.5 Å². The molecule has 6 rings (SSSR count). The molecule has 222 valence electrons. The van der Waals surface area contributed by atoms with Crippen LogP contribution in [0.3, 0.4) is 0 Å². The summed E-state index contributed by atoms with van der Waals surface area (Å²) in [5, 5.41) is 4.77. The van der Waals surface area contributed by atoms with Gasteiger partial charge in [0, 0.05) is 36.2 Å². The largest absolute Gasteiger partial charge is 0.450 e. The summed E-state index contributed by atoms with van der Waals surface area (Å²) in [5.74, 6) is -0.378. The minimum Gasteiger partial charge on any atom is -0.450 e. The first kappa shape index (κ1) is 28.7. The number of nitrogens with zero attached hydrogens (tertiary/aromatic N) is 4. The predicted octanol–water partition coefficient (Wildman–Crippen LogP) is 3.23. The van der Waals surface area contributed by atoms with Crippen LogP contribution in [0.2, 0.25) is 5.02 Å². The highest BCUT2D eigenvalue weighted by Gasteiger charge is 2.60. The quantitative estimate of drug-likeness (QED) is 0.450. The molecule has 1 unspecified atom stereocenters. The number of amides is 2. The Morgan fingerprint density at radius 1 is 1.07 bits per heavy atom. The molecule has 3 aliphatic rings. The van der Waals surface area contributed by atoms with Gasteiger partial charge in [-0.2, -0.15) is 4.31 Å². The number of carbonyl (C=O) groups excluding carboxylic acids is 2. The minimum atomic E-state index is -4.09. The lowest BCUT2D eigenvalue weighted by molar-refractivity contribution is -0.176. The van der Waals surface area contributed by atoms with Crippen molar-refractivity contribution in [3.8, 4) is 0 Å². The van der Waals surface area contributed by atoms with Gasteiger partial charge in [-0.05, 0) is 66.9 Å². The SMILES string of the molecule is CCOC(=O)NCC12CN(S(=O)(=O)c3ccc4cc(Cl)ccc4c3)CC(=O)N1CC1(CCN(c3ccncc3)CC1)O2. The van der Waals surface area contributed by atoms with Crippen LogP contribution in [-0.4, -0.2) is 91.8 Å². The van der Waals surface area contributed by atoms with E-state index >= 15 is 0 Å². The van der Waals surface area contributed by atoms with Gasteiger partial charge < -0.3 is 24.6 Å². The van der Waals surface area contributed by atoms with Crippen LogP contribution in [0.5, 0.6) is 0 Å². The van der Waals surface area contributed by atoms with Gasteiger partial charge in [-0.25, -0.2) is 13.2 Å². The summed E-state index contributed by atoms with van der Waals surface area (Å²) in [4.78, 5) is 34.0. The minimum absolute atomic E-state index is 0.0606. The second kappa shape index (κ2) is 11.0. The molecule has 42 heavy (non-hydrogen) atoms. The van der Waals surface area contributed by atoms with Gasteiger partial charge in [0.2, 0.25) is 15.9 Å². The second-order valence-electron chi connectivity index (χ2n) is 10.9. The Balaban J connectivity index is 1.29. The molecular formula is C29H32ClN5O6S. The van der Waals surface area contributed by atoms with Crippen LogP contribution in [0, 0.1) is 0 Å². The van der Waals surface area contributed by atoms with Gasteiger partial charge in [-0.15, -0.1) is 0 Å². The maximum atomic E-state index is 13.9. The van der Waals surface area contributed by atoms with Crippen molar-refractivity contribution in [1.29, 1.82) is 0 Å². The van der Waals surface area contributed by atoms with Gasteiger partial charge in [0.1, 0.15) is 0 Å². The van der Waals surface area contributed by atoms with Crippen LogP contribution in [0.25, 0.3) is 10.8 Å². The Labute approximate surface area is 249 Å². The lowest BCUT2D eigenvalue weighted by Crippen LogP contribution is -2.67. The fourth-order valence-corrected chi connectivity index (χ4v) is 7.81. The van der Waals surface area contributed by atoms with Gasteiger partial charge in [-0.1, -0.05) is 23.7 Å². The second-order valence-corrected chi connectivity index (χ2v) is 13.3. The first-order chi connectivity index (χ1) is 20.1. The Hall–Kier alpha value is -3.45. The zero-order chi connectivity index (χ0) is 29.5. The average molecular weight is 614 g/mol. The number of sulfonamides is 1. The number of ether oxygens (including phenoxy) is 2. The Kier molecular flexibility index (Phi) is 7.50. The van der Waals surface area contributed by atoms with Gasteiger partial charge in [0.15, 0.2) is 5.72 Å². The summed E-state index contributed by atoms with van der Waals surface area (Å²) in [5.41, 5.74) is -1.02. The number of hydrogen-bond acceptors (Lipinski definition) is 8. The number of nitrogens with one attached hydrogen (secondary N) is 1. The smallest absolute Gasteiger partial charge is 0.407 e. The number of halogens is 1. The molecular weight excluding hydrogens is 582 g/mol. The molecule has 1 aromatic heterocycles. The lowest BCUT2D eigenvalue weighted by Gasteiger charge is -2.45. The molecule has 4 heterocycles. The molecule has 3 saturated heterocycles. The zero-order valence-corrected chi connectivity index (χ0v) is 24.7. The zero-order valence-electron chi connectivity index (χ0n) is 23.2. The molecule has 2 amide bonds. The molecule has 3 fully saturated rings. The van der Waals surface area contributed by atoms with Crippen LogP contribution < -0.4 is 10.2 Å². The van der Waals surface area contributed by atoms with Crippen LogP contribution in [0.15, 0.2) is 65.8 Å². The topological polar surface area (TPSA) is 121 Å². The monoisotopic (exact) mass is 613 g/mol. The molecule has 1 atom stereocenters. The van der Waals surface area contributed by atoms with Crippen molar-refractivity contribution >= 4 is 50.1 Å². The number of pyridine rings is 1. The van der Waals surface area contributed by atoms with E-state index in [1.54, 1.807) is 54.5 Å². The standard InChI is InChI=1S/C29H32ClN5O6S/c1-2-40-27(37)32-18-29-20-34(42(38,39)25-6-4-21-15-23(30)5-3-22(21)16-25)17-26(36)35(29)19-28(41-29)9-13-33(14-10-28)24-7-11-31-12-8-24/h3-8,11-12,15-16H,2,9-10,13-14,17-20H2,1H3,(H,32,37). The lowest BCUT2D eigenvalue weighted by atomic mass is 9.91. The van der Waals surface area contributed by atoms with Crippen molar-refractivity contribution in [3.63, 3.8) is 0 Å². The van der Waals surface area contributed by atoms with Gasteiger partial charge in [0.25, 0.3) is 0 Å². The van der Waals surface area contributed by atoms with E-state index in [0.29, 0.717) is 42.9 Å². The molecule has 3 aliphatic heterocycles. The van der Waals surface area contributed by atoms with E-state index in [-0.39, 0.29) is 37.0 Å². The van der Waals surface area contributed by atoms with Crippen molar-refractivity contribution in [2.24, 2.45) is 0 Å². The van der Waals surface area contributed by atoms with Gasteiger partial charge >= 0.3 is 6.09 Å².